The summed E-state index contributed by atoms with van der Waals surface area (Å²) in [6, 6.07) is 9.10. The van der Waals surface area contributed by atoms with Crippen molar-refractivity contribution in [3.8, 4) is 5.75 Å². The fourth-order valence-electron chi connectivity index (χ4n) is 3.85. The average molecular weight is 316 g/mol. The zero-order chi connectivity index (χ0) is 16.1. The molecule has 1 saturated heterocycles. The molecule has 2 aliphatic rings. The minimum Gasteiger partial charge on any atom is -0.496 e. The van der Waals surface area contributed by atoms with E-state index in [0.29, 0.717) is 12.5 Å². The predicted octanol–water partition coefficient (Wildman–Crippen LogP) is 2.76. The summed E-state index contributed by atoms with van der Waals surface area (Å²) >= 11 is 0. The Morgan fingerprint density at radius 2 is 1.78 bits per heavy atom. The highest BCUT2D eigenvalue weighted by Gasteiger charge is 2.25. The van der Waals surface area contributed by atoms with Crippen molar-refractivity contribution < 1.29 is 9.53 Å². The molecule has 1 aromatic rings. The summed E-state index contributed by atoms with van der Waals surface area (Å²) in [5.74, 6) is 1.02. The van der Waals surface area contributed by atoms with Gasteiger partial charge in [0, 0.05) is 30.7 Å². The normalized spacial score (nSPS) is 20.0. The molecule has 0 radical (unpaired) electrons. The van der Waals surface area contributed by atoms with Crippen molar-refractivity contribution in [2.45, 2.75) is 57.0 Å². The number of nitrogens with one attached hydrogen (secondary N) is 1. The molecular formula is C19H28N2O2. The first-order chi connectivity index (χ1) is 11.3. The average Bonchev–Trinajstić information content (AvgIpc) is 3.09. The quantitative estimate of drug-likeness (QED) is 0.908. The molecule has 1 aliphatic carbocycles. The van der Waals surface area contributed by atoms with Gasteiger partial charge in [0.1, 0.15) is 5.75 Å². The summed E-state index contributed by atoms with van der Waals surface area (Å²) in [6.07, 6.45) is 7.98. The number of hydrogen-bond donors (Lipinski definition) is 1. The van der Waals surface area contributed by atoms with Gasteiger partial charge in [-0.3, -0.25) is 4.79 Å². The van der Waals surface area contributed by atoms with Crippen LogP contribution in [-0.4, -0.2) is 43.1 Å². The Labute approximate surface area is 139 Å². The minimum atomic E-state index is 0.216. The number of ether oxygens (including phenoxy) is 1. The van der Waals surface area contributed by atoms with E-state index in [-0.39, 0.29) is 5.91 Å². The summed E-state index contributed by atoms with van der Waals surface area (Å²) in [6.45, 7) is 1.75. The second-order valence-corrected chi connectivity index (χ2v) is 6.79. The fraction of sp³-hybridized carbons (Fsp3) is 0.632. The van der Waals surface area contributed by atoms with Crippen molar-refractivity contribution in [3.05, 3.63) is 29.8 Å². The van der Waals surface area contributed by atoms with Gasteiger partial charge in [0.05, 0.1) is 13.5 Å². The number of rotatable bonds is 5. The third-order valence-corrected chi connectivity index (χ3v) is 5.21. The number of amides is 1. The topological polar surface area (TPSA) is 41.6 Å². The van der Waals surface area contributed by atoms with Gasteiger partial charge in [-0.15, -0.1) is 0 Å². The van der Waals surface area contributed by atoms with Crippen molar-refractivity contribution in [2.75, 3.05) is 20.2 Å². The van der Waals surface area contributed by atoms with E-state index < -0.39 is 0 Å². The Balaban J connectivity index is 1.48. The van der Waals surface area contributed by atoms with E-state index in [4.69, 9.17) is 4.74 Å². The summed E-state index contributed by atoms with van der Waals surface area (Å²) in [5.41, 5.74) is 0.978. The van der Waals surface area contributed by atoms with Crippen LogP contribution in [0.4, 0.5) is 0 Å². The molecule has 1 amide bonds. The summed E-state index contributed by atoms with van der Waals surface area (Å²) in [4.78, 5) is 14.5. The van der Waals surface area contributed by atoms with E-state index in [2.05, 4.69) is 5.32 Å². The maximum atomic E-state index is 12.5. The molecule has 0 unspecified atom stereocenters. The number of nitrogens with zero attached hydrogens (tertiary/aromatic N) is 1. The second-order valence-electron chi connectivity index (χ2n) is 6.79. The molecule has 2 fully saturated rings. The lowest BCUT2D eigenvalue weighted by molar-refractivity contribution is -0.131. The van der Waals surface area contributed by atoms with E-state index in [1.165, 1.54) is 25.7 Å². The van der Waals surface area contributed by atoms with Crippen LogP contribution >= 0.6 is 0 Å². The zero-order valence-corrected chi connectivity index (χ0v) is 14.1. The van der Waals surface area contributed by atoms with Crippen LogP contribution in [0.15, 0.2) is 24.3 Å². The first-order valence-corrected chi connectivity index (χ1v) is 8.92. The number of methoxy groups -OCH3 is 1. The molecule has 0 atom stereocenters. The highest BCUT2D eigenvalue weighted by atomic mass is 16.5. The van der Waals surface area contributed by atoms with Gasteiger partial charge in [0.2, 0.25) is 5.91 Å². The van der Waals surface area contributed by atoms with Crippen LogP contribution < -0.4 is 10.1 Å². The maximum absolute atomic E-state index is 12.5. The largest absolute Gasteiger partial charge is 0.496 e. The second kappa shape index (κ2) is 7.82. The minimum absolute atomic E-state index is 0.216. The summed E-state index contributed by atoms with van der Waals surface area (Å²) in [7, 11) is 1.66. The van der Waals surface area contributed by atoms with Crippen molar-refractivity contribution in [1.82, 2.24) is 10.2 Å². The van der Waals surface area contributed by atoms with Gasteiger partial charge in [-0.2, -0.15) is 0 Å². The number of carbonyl (C=O) groups excluding carboxylic acids is 1. The zero-order valence-electron chi connectivity index (χ0n) is 14.1. The van der Waals surface area contributed by atoms with Crippen molar-refractivity contribution in [3.63, 3.8) is 0 Å². The number of likely N-dealkylation sites (tertiary alicyclic amines) is 1. The van der Waals surface area contributed by atoms with Gasteiger partial charge < -0.3 is 15.0 Å². The molecular weight excluding hydrogens is 288 g/mol. The first kappa shape index (κ1) is 16.3. The lowest BCUT2D eigenvalue weighted by Crippen LogP contribution is -2.47. The third-order valence-electron chi connectivity index (χ3n) is 5.21. The number of benzene rings is 1. The van der Waals surface area contributed by atoms with Gasteiger partial charge in [-0.1, -0.05) is 31.0 Å². The standard InChI is InChI=1S/C19H28N2O2/c1-23-18-9-5-2-6-15(18)14-19(22)21-12-10-17(11-13-21)20-16-7-3-4-8-16/h2,5-6,9,16-17,20H,3-4,7-8,10-14H2,1H3. The Hall–Kier alpha value is -1.55. The molecule has 4 nitrogen and oxygen atoms in total. The van der Waals surface area contributed by atoms with E-state index in [1.54, 1.807) is 7.11 Å². The van der Waals surface area contributed by atoms with Gasteiger partial charge in [0.25, 0.3) is 0 Å². The number of para-hydroxylation sites is 1. The van der Waals surface area contributed by atoms with Crippen LogP contribution in [-0.2, 0) is 11.2 Å². The van der Waals surface area contributed by atoms with Crippen LogP contribution in [0.5, 0.6) is 5.75 Å². The molecule has 1 aliphatic heterocycles. The molecule has 126 valence electrons. The van der Waals surface area contributed by atoms with Crippen LogP contribution in [0.2, 0.25) is 0 Å². The Morgan fingerprint density at radius 3 is 2.48 bits per heavy atom. The van der Waals surface area contributed by atoms with Crippen LogP contribution in [0.25, 0.3) is 0 Å². The molecule has 0 spiro atoms. The lowest BCUT2D eigenvalue weighted by Gasteiger charge is -2.34. The van der Waals surface area contributed by atoms with Gasteiger partial charge in [-0.05, 0) is 31.7 Å². The SMILES string of the molecule is COc1ccccc1CC(=O)N1CCC(NC2CCCC2)CC1. The molecule has 4 heteroatoms. The highest BCUT2D eigenvalue weighted by molar-refractivity contribution is 5.79. The number of piperidine rings is 1. The fourth-order valence-corrected chi connectivity index (χ4v) is 3.85. The molecule has 23 heavy (non-hydrogen) atoms. The van der Waals surface area contributed by atoms with Crippen molar-refractivity contribution in [2.24, 2.45) is 0 Å². The van der Waals surface area contributed by atoms with Crippen molar-refractivity contribution in [1.29, 1.82) is 0 Å². The third kappa shape index (κ3) is 4.25. The highest BCUT2D eigenvalue weighted by Crippen LogP contribution is 2.22. The van der Waals surface area contributed by atoms with E-state index in [9.17, 15) is 4.79 Å². The van der Waals surface area contributed by atoms with Crippen LogP contribution in [0, 0.1) is 0 Å². The number of carbonyl (C=O) groups is 1. The predicted molar refractivity (Wildman–Crippen MR) is 91.7 cm³/mol. The molecule has 3 rings (SSSR count). The van der Waals surface area contributed by atoms with Crippen LogP contribution in [0.1, 0.15) is 44.1 Å². The molecule has 1 saturated carbocycles. The Morgan fingerprint density at radius 1 is 1.13 bits per heavy atom. The van der Waals surface area contributed by atoms with Crippen LogP contribution in [0.3, 0.4) is 0 Å². The van der Waals surface area contributed by atoms with E-state index in [0.717, 1.165) is 43.3 Å². The van der Waals surface area contributed by atoms with E-state index in [1.807, 2.05) is 29.2 Å². The molecule has 1 N–H and O–H groups in total. The Bertz CT molecular complexity index is 518. The van der Waals surface area contributed by atoms with E-state index >= 15 is 0 Å². The summed E-state index contributed by atoms with van der Waals surface area (Å²) in [5, 5.41) is 3.79. The lowest BCUT2D eigenvalue weighted by atomic mass is 10.0. The molecule has 0 aromatic heterocycles. The first-order valence-electron chi connectivity index (χ1n) is 8.92. The Kier molecular flexibility index (Phi) is 5.55. The summed E-state index contributed by atoms with van der Waals surface area (Å²) < 4.78 is 5.34. The molecule has 0 bridgehead atoms. The van der Waals surface area contributed by atoms with Gasteiger partial charge >= 0.3 is 0 Å². The van der Waals surface area contributed by atoms with Crippen molar-refractivity contribution >= 4 is 5.91 Å². The van der Waals surface area contributed by atoms with Gasteiger partial charge in [-0.25, -0.2) is 0 Å². The maximum Gasteiger partial charge on any atom is 0.227 e. The monoisotopic (exact) mass is 316 g/mol. The smallest absolute Gasteiger partial charge is 0.227 e. The molecule has 1 heterocycles. The number of hydrogen-bond acceptors (Lipinski definition) is 3. The van der Waals surface area contributed by atoms with Gasteiger partial charge in [0.15, 0.2) is 0 Å². The molecule has 1 aromatic carbocycles.